The zero-order valence-corrected chi connectivity index (χ0v) is 18.7. The summed E-state index contributed by atoms with van der Waals surface area (Å²) in [6, 6.07) is 4.95. The molecule has 0 unspecified atom stereocenters. The van der Waals surface area contributed by atoms with Crippen molar-refractivity contribution in [1.29, 1.82) is 0 Å². The van der Waals surface area contributed by atoms with Crippen LogP contribution in [0, 0.1) is 5.82 Å². The number of hydrogen-bond acceptors (Lipinski definition) is 6. The van der Waals surface area contributed by atoms with Crippen LogP contribution in [0.3, 0.4) is 0 Å². The van der Waals surface area contributed by atoms with E-state index >= 15 is 0 Å². The summed E-state index contributed by atoms with van der Waals surface area (Å²) >= 11 is 0. The topological polar surface area (TPSA) is 70.2 Å². The third-order valence-electron chi connectivity index (χ3n) is 5.96. The fourth-order valence-electron chi connectivity index (χ4n) is 4.08. The highest BCUT2D eigenvalue weighted by molar-refractivity contribution is 7.88. The van der Waals surface area contributed by atoms with E-state index in [4.69, 9.17) is 4.74 Å². The summed E-state index contributed by atoms with van der Waals surface area (Å²) in [5.74, 6) is -0.545. The highest BCUT2D eigenvalue weighted by Gasteiger charge is 2.25. The number of hydrogen-bond donors (Lipinski definition) is 0. The molecular weight excluding hydrogens is 409 g/mol. The van der Waals surface area contributed by atoms with Crippen LogP contribution in [0.1, 0.15) is 36.5 Å². The van der Waals surface area contributed by atoms with Gasteiger partial charge in [-0.25, -0.2) is 12.8 Å². The third-order valence-corrected chi connectivity index (χ3v) is 7.26. The zero-order chi connectivity index (χ0) is 21.7. The van der Waals surface area contributed by atoms with Gasteiger partial charge in [-0.3, -0.25) is 9.69 Å². The number of nitrogens with zero attached hydrogens (tertiary/aromatic N) is 3. The van der Waals surface area contributed by atoms with Crippen LogP contribution >= 0.6 is 0 Å². The van der Waals surface area contributed by atoms with Crippen molar-refractivity contribution in [1.82, 2.24) is 14.1 Å². The van der Waals surface area contributed by atoms with Crippen LogP contribution in [0.25, 0.3) is 0 Å². The molecule has 2 aliphatic rings. The minimum Gasteiger partial charge on any atom is -0.490 e. The van der Waals surface area contributed by atoms with Crippen LogP contribution in [0.5, 0.6) is 5.75 Å². The predicted octanol–water partition coefficient (Wildman–Crippen LogP) is 1.84. The van der Waals surface area contributed by atoms with Crippen molar-refractivity contribution >= 4 is 15.8 Å². The molecule has 0 radical (unpaired) electrons. The first-order valence-corrected chi connectivity index (χ1v) is 12.5. The van der Waals surface area contributed by atoms with Crippen molar-refractivity contribution in [3.63, 3.8) is 0 Å². The first-order valence-electron chi connectivity index (χ1n) is 10.6. The Labute approximate surface area is 178 Å². The van der Waals surface area contributed by atoms with E-state index in [1.54, 1.807) is 6.07 Å². The first kappa shape index (κ1) is 23.1. The lowest BCUT2D eigenvalue weighted by atomic mass is 10.1. The average Bonchev–Trinajstić information content (AvgIpc) is 3.10. The van der Waals surface area contributed by atoms with Crippen molar-refractivity contribution in [2.75, 3.05) is 58.7 Å². The summed E-state index contributed by atoms with van der Waals surface area (Å²) in [5, 5.41) is 0. The van der Waals surface area contributed by atoms with Crippen LogP contribution in [0.2, 0.25) is 0 Å². The quantitative estimate of drug-likeness (QED) is 0.430. The third kappa shape index (κ3) is 6.23. The Morgan fingerprint density at radius 3 is 2.53 bits per heavy atom. The second kappa shape index (κ2) is 10.2. The van der Waals surface area contributed by atoms with E-state index in [2.05, 4.69) is 11.8 Å². The first-order chi connectivity index (χ1) is 14.2. The normalized spacial score (nSPS) is 21.8. The van der Waals surface area contributed by atoms with Crippen molar-refractivity contribution < 1.29 is 22.3 Å². The summed E-state index contributed by atoms with van der Waals surface area (Å²) < 4.78 is 44.5. The van der Waals surface area contributed by atoms with Gasteiger partial charge >= 0.3 is 0 Å². The smallest absolute Gasteiger partial charge is 0.211 e. The lowest BCUT2D eigenvalue weighted by molar-refractivity contribution is 0.0901. The van der Waals surface area contributed by atoms with Crippen LogP contribution in [-0.2, 0) is 10.0 Å². The fraction of sp³-hybridized carbons (Fsp3) is 0.667. The molecule has 0 bridgehead atoms. The van der Waals surface area contributed by atoms with Crippen LogP contribution in [-0.4, -0.2) is 93.0 Å². The summed E-state index contributed by atoms with van der Waals surface area (Å²) in [6.07, 6.45) is 4.50. The highest BCUT2D eigenvalue weighted by Crippen LogP contribution is 2.20. The van der Waals surface area contributed by atoms with E-state index in [1.807, 2.05) is 4.90 Å². The van der Waals surface area contributed by atoms with Crippen LogP contribution in [0.4, 0.5) is 4.39 Å². The number of Topliss-reactive ketones (excluding diaryl/α,β-unsaturated/α-hetero) is 1. The van der Waals surface area contributed by atoms with Gasteiger partial charge in [-0.05, 0) is 50.9 Å². The van der Waals surface area contributed by atoms with Crippen molar-refractivity contribution in [3.05, 3.63) is 29.6 Å². The molecule has 1 aromatic carbocycles. The molecule has 9 heteroatoms. The van der Waals surface area contributed by atoms with E-state index in [1.165, 1.54) is 35.5 Å². The maximum Gasteiger partial charge on any atom is 0.211 e. The Morgan fingerprint density at radius 2 is 1.93 bits per heavy atom. The number of ketones is 1. The van der Waals surface area contributed by atoms with Gasteiger partial charge in [0.05, 0.1) is 19.4 Å². The van der Waals surface area contributed by atoms with Crippen molar-refractivity contribution in [2.45, 2.75) is 32.2 Å². The van der Waals surface area contributed by atoms with Gasteiger partial charge in [0.2, 0.25) is 10.0 Å². The molecule has 2 heterocycles. The van der Waals surface area contributed by atoms with E-state index in [9.17, 15) is 17.6 Å². The van der Waals surface area contributed by atoms with E-state index < -0.39 is 15.8 Å². The second-order valence-electron chi connectivity index (χ2n) is 8.24. The number of piperazine rings is 1. The molecule has 0 saturated carbocycles. The minimum atomic E-state index is -3.20. The van der Waals surface area contributed by atoms with Gasteiger partial charge < -0.3 is 9.64 Å². The molecular formula is C21H32FN3O4S. The number of sulfonamides is 1. The Balaban J connectivity index is 1.44. The minimum absolute atomic E-state index is 0.144. The lowest BCUT2D eigenvalue weighted by Crippen LogP contribution is -2.49. The molecule has 0 spiro atoms. The Bertz CT molecular complexity index is 841. The van der Waals surface area contributed by atoms with Gasteiger partial charge in [0.15, 0.2) is 17.3 Å². The molecule has 2 fully saturated rings. The van der Waals surface area contributed by atoms with Crippen molar-refractivity contribution in [2.24, 2.45) is 0 Å². The number of ether oxygens (including phenoxy) is 1. The highest BCUT2D eigenvalue weighted by atomic mass is 32.2. The van der Waals surface area contributed by atoms with Gasteiger partial charge in [-0.2, -0.15) is 4.31 Å². The summed E-state index contributed by atoms with van der Waals surface area (Å²) in [7, 11) is -3.20. The molecule has 2 saturated heterocycles. The van der Waals surface area contributed by atoms with Gasteiger partial charge in [-0.15, -0.1) is 0 Å². The lowest BCUT2D eigenvalue weighted by Gasteiger charge is -2.32. The molecule has 7 nitrogen and oxygen atoms in total. The van der Waals surface area contributed by atoms with Gasteiger partial charge in [0.25, 0.3) is 0 Å². The number of carbonyl (C=O) groups is 1. The molecule has 1 aromatic rings. The zero-order valence-electron chi connectivity index (χ0n) is 17.8. The number of likely N-dealkylation sites (tertiary alicyclic amines) is 1. The van der Waals surface area contributed by atoms with E-state index in [0.717, 1.165) is 19.5 Å². The van der Waals surface area contributed by atoms with Gasteiger partial charge in [0.1, 0.15) is 0 Å². The fourth-order valence-corrected chi connectivity index (χ4v) is 4.91. The molecule has 1 atom stereocenters. The summed E-state index contributed by atoms with van der Waals surface area (Å²) in [5.41, 5.74) is 0.302. The van der Waals surface area contributed by atoms with Crippen molar-refractivity contribution in [3.8, 4) is 5.75 Å². The Morgan fingerprint density at radius 1 is 1.20 bits per heavy atom. The summed E-state index contributed by atoms with van der Waals surface area (Å²) in [6.45, 7) is 6.59. The Kier molecular flexibility index (Phi) is 7.84. The molecule has 30 heavy (non-hydrogen) atoms. The molecule has 0 N–H and O–H groups in total. The van der Waals surface area contributed by atoms with Gasteiger partial charge in [0, 0.05) is 44.3 Å². The molecule has 0 amide bonds. The molecule has 2 aliphatic heterocycles. The standard InChI is InChI=1S/C21H32FN3O4S/c1-17-5-3-8-24(17)9-4-14-29-21-7-6-18(15-19(21)22)20(26)16-23-10-12-25(13-11-23)30(2,27)28/h6-7,15,17H,3-5,8-14,16H2,1-2H3/t17-/m1/s1. The predicted molar refractivity (Wildman–Crippen MR) is 114 cm³/mol. The van der Waals surface area contributed by atoms with E-state index in [0.29, 0.717) is 44.4 Å². The SMILES string of the molecule is C[C@@H]1CCCN1CCCOc1ccc(C(=O)CN2CCN(S(C)(=O)=O)CC2)cc1F. The molecule has 168 valence electrons. The second-order valence-corrected chi connectivity index (χ2v) is 10.2. The largest absolute Gasteiger partial charge is 0.490 e. The molecule has 0 aliphatic carbocycles. The maximum absolute atomic E-state index is 14.4. The number of benzene rings is 1. The number of halogens is 1. The summed E-state index contributed by atoms with van der Waals surface area (Å²) in [4.78, 5) is 16.8. The van der Waals surface area contributed by atoms with Gasteiger partial charge in [-0.1, -0.05) is 0 Å². The number of carbonyl (C=O) groups excluding carboxylic acids is 1. The average molecular weight is 442 g/mol. The maximum atomic E-state index is 14.4. The number of rotatable bonds is 9. The van der Waals surface area contributed by atoms with E-state index in [-0.39, 0.29) is 18.1 Å². The molecule has 0 aromatic heterocycles. The molecule has 3 rings (SSSR count). The van der Waals surface area contributed by atoms with Crippen LogP contribution < -0.4 is 4.74 Å². The monoisotopic (exact) mass is 441 g/mol. The van der Waals surface area contributed by atoms with Crippen LogP contribution in [0.15, 0.2) is 18.2 Å². The Hall–Kier alpha value is -1.55.